The number of rotatable bonds is 3. The van der Waals surface area contributed by atoms with Crippen LogP contribution in [0.25, 0.3) is 27.2 Å². The second-order valence-corrected chi connectivity index (χ2v) is 6.35. The molecule has 0 saturated carbocycles. The Kier molecular flexibility index (Phi) is 2.91. The topological polar surface area (TPSA) is 56.5 Å². The summed E-state index contributed by atoms with van der Waals surface area (Å²) in [6.45, 7) is 0. The molecule has 0 atom stereocenters. The molecule has 8 heteroatoms. The molecule has 20 heavy (non-hydrogen) atoms. The second kappa shape index (κ2) is 4.89. The van der Waals surface area contributed by atoms with Crippen molar-refractivity contribution in [1.82, 2.24) is 24.5 Å². The smallest absolute Gasteiger partial charge is 0.165 e. The molecule has 0 saturated heterocycles. The first-order chi connectivity index (χ1) is 9.92. The summed E-state index contributed by atoms with van der Waals surface area (Å²) in [6.07, 6.45) is 5.60. The van der Waals surface area contributed by atoms with Gasteiger partial charge in [-0.15, -0.1) is 34.0 Å². The highest BCUT2D eigenvalue weighted by atomic mass is 32.1. The van der Waals surface area contributed by atoms with Gasteiger partial charge in [-0.3, -0.25) is 9.55 Å². The molecule has 0 bridgehead atoms. The first-order valence-electron chi connectivity index (χ1n) is 5.68. The maximum absolute atomic E-state index is 4.69. The van der Waals surface area contributed by atoms with Gasteiger partial charge in [-0.1, -0.05) is 0 Å². The van der Waals surface area contributed by atoms with Gasteiger partial charge in [0.25, 0.3) is 0 Å². The Balaban J connectivity index is 1.92. The lowest BCUT2D eigenvalue weighted by Crippen LogP contribution is -1.93. The van der Waals surface area contributed by atoms with Gasteiger partial charge >= 0.3 is 0 Å². The minimum absolute atomic E-state index is 0.820. The van der Waals surface area contributed by atoms with E-state index in [1.165, 1.54) is 0 Å². The van der Waals surface area contributed by atoms with Crippen LogP contribution in [0.15, 0.2) is 40.4 Å². The van der Waals surface area contributed by atoms with E-state index in [9.17, 15) is 0 Å². The van der Waals surface area contributed by atoms with Crippen LogP contribution in [-0.2, 0) is 0 Å². The van der Waals surface area contributed by atoms with Crippen molar-refractivity contribution in [3.63, 3.8) is 0 Å². The third-order valence-corrected chi connectivity index (χ3v) is 4.83. The molecule has 0 fully saturated rings. The fourth-order valence-corrected chi connectivity index (χ4v) is 3.56. The lowest BCUT2D eigenvalue weighted by Gasteiger charge is -2.00. The van der Waals surface area contributed by atoms with E-state index in [0.29, 0.717) is 0 Å². The molecule has 98 valence electrons. The van der Waals surface area contributed by atoms with Crippen LogP contribution in [0.5, 0.6) is 0 Å². The molecule has 0 aliphatic heterocycles. The van der Waals surface area contributed by atoms with Gasteiger partial charge in [-0.25, -0.2) is 15.0 Å². The summed E-state index contributed by atoms with van der Waals surface area (Å²) in [5.41, 5.74) is 5.34. The van der Waals surface area contributed by atoms with Crippen LogP contribution in [0.2, 0.25) is 0 Å². The standard InChI is InChI=1S/C12H7N5S3/c1-2-19-12(14-1)8-4-17(10-3-13-6-20-10)11(16-8)9-5-18-7-15-9/h1-7H. The molecule has 0 spiro atoms. The van der Waals surface area contributed by atoms with Crippen molar-refractivity contribution < 1.29 is 0 Å². The first kappa shape index (κ1) is 11.9. The van der Waals surface area contributed by atoms with Crippen LogP contribution in [0.1, 0.15) is 0 Å². The largest absolute Gasteiger partial charge is 0.287 e. The molecule has 0 aliphatic carbocycles. The lowest BCUT2D eigenvalue weighted by molar-refractivity contribution is 1.07. The van der Waals surface area contributed by atoms with E-state index in [1.54, 1.807) is 40.2 Å². The van der Waals surface area contributed by atoms with Crippen molar-refractivity contribution in [2.75, 3.05) is 0 Å². The Morgan fingerprint density at radius 2 is 2.05 bits per heavy atom. The average molecular weight is 317 g/mol. The molecule has 0 aliphatic rings. The van der Waals surface area contributed by atoms with E-state index in [2.05, 4.69) is 19.9 Å². The van der Waals surface area contributed by atoms with E-state index in [0.717, 1.165) is 27.2 Å². The van der Waals surface area contributed by atoms with Gasteiger partial charge in [0.1, 0.15) is 21.4 Å². The molecule has 5 nitrogen and oxygen atoms in total. The summed E-state index contributed by atoms with van der Waals surface area (Å²) in [4.78, 5) is 17.5. The van der Waals surface area contributed by atoms with Crippen molar-refractivity contribution >= 4 is 34.0 Å². The van der Waals surface area contributed by atoms with Crippen molar-refractivity contribution in [2.45, 2.75) is 0 Å². The van der Waals surface area contributed by atoms with Crippen LogP contribution in [-0.4, -0.2) is 24.5 Å². The van der Waals surface area contributed by atoms with Crippen molar-refractivity contribution in [2.24, 2.45) is 0 Å². The summed E-state index contributed by atoms with van der Waals surface area (Å²) >= 11 is 4.70. The summed E-state index contributed by atoms with van der Waals surface area (Å²) in [5, 5.41) is 5.86. The zero-order valence-electron chi connectivity index (χ0n) is 10.0. The Morgan fingerprint density at radius 3 is 2.75 bits per heavy atom. The average Bonchev–Trinajstić information content (AvgIpc) is 3.22. The fourth-order valence-electron chi connectivity index (χ4n) is 1.83. The highest BCUT2D eigenvalue weighted by Crippen LogP contribution is 2.29. The molecule has 0 unspecified atom stereocenters. The van der Waals surface area contributed by atoms with Crippen LogP contribution in [0, 0.1) is 0 Å². The molecular weight excluding hydrogens is 310 g/mol. The SMILES string of the molecule is c1csc(-c2cn(-c3cncs3)c(-c3cscn3)n2)n1. The summed E-state index contributed by atoms with van der Waals surface area (Å²) in [6, 6.07) is 0. The van der Waals surface area contributed by atoms with Gasteiger partial charge < -0.3 is 0 Å². The maximum atomic E-state index is 4.69. The number of imidazole rings is 1. The van der Waals surface area contributed by atoms with Crippen LogP contribution in [0.4, 0.5) is 0 Å². The lowest BCUT2D eigenvalue weighted by atomic mass is 10.4. The summed E-state index contributed by atoms with van der Waals surface area (Å²) in [5.74, 6) is 0.820. The maximum Gasteiger partial charge on any atom is 0.165 e. The molecule has 0 aromatic carbocycles. The van der Waals surface area contributed by atoms with Crippen molar-refractivity contribution in [1.29, 1.82) is 0 Å². The van der Waals surface area contributed by atoms with Gasteiger partial charge in [-0.05, 0) is 0 Å². The van der Waals surface area contributed by atoms with Crippen LogP contribution in [0.3, 0.4) is 0 Å². The molecular formula is C12H7N5S3. The quantitative estimate of drug-likeness (QED) is 0.579. The second-order valence-electron chi connectivity index (χ2n) is 3.87. The molecule has 4 aromatic heterocycles. The van der Waals surface area contributed by atoms with Crippen molar-refractivity contribution in [3.8, 4) is 27.2 Å². The van der Waals surface area contributed by atoms with Crippen LogP contribution < -0.4 is 0 Å². The fraction of sp³-hybridized carbons (Fsp3) is 0. The number of aromatic nitrogens is 5. The summed E-state index contributed by atoms with van der Waals surface area (Å²) < 4.78 is 2.02. The van der Waals surface area contributed by atoms with E-state index in [-0.39, 0.29) is 0 Å². The highest BCUT2D eigenvalue weighted by Gasteiger charge is 2.16. The number of hydrogen-bond acceptors (Lipinski definition) is 7. The van der Waals surface area contributed by atoms with Gasteiger partial charge in [0.05, 0.1) is 17.2 Å². The molecule has 0 N–H and O–H groups in total. The molecule has 4 heterocycles. The number of nitrogens with zero attached hydrogens (tertiary/aromatic N) is 5. The molecule has 4 aromatic rings. The third kappa shape index (κ3) is 1.98. The zero-order valence-corrected chi connectivity index (χ0v) is 12.5. The zero-order chi connectivity index (χ0) is 13.4. The van der Waals surface area contributed by atoms with Gasteiger partial charge in [0, 0.05) is 23.2 Å². The van der Waals surface area contributed by atoms with E-state index >= 15 is 0 Å². The Morgan fingerprint density at radius 1 is 1.05 bits per heavy atom. The van der Waals surface area contributed by atoms with Crippen molar-refractivity contribution in [3.05, 3.63) is 40.4 Å². The molecule has 4 rings (SSSR count). The van der Waals surface area contributed by atoms with Gasteiger partial charge in [0.15, 0.2) is 5.82 Å². The predicted octanol–water partition coefficient (Wildman–Crippen LogP) is 3.58. The number of hydrogen-bond donors (Lipinski definition) is 0. The van der Waals surface area contributed by atoms with Crippen LogP contribution >= 0.6 is 34.0 Å². The van der Waals surface area contributed by atoms with E-state index in [1.807, 2.05) is 38.7 Å². The molecule has 0 amide bonds. The molecule has 0 radical (unpaired) electrons. The first-order valence-corrected chi connectivity index (χ1v) is 8.39. The Labute approximate surface area is 126 Å². The highest BCUT2D eigenvalue weighted by molar-refractivity contribution is 7.13. The van der Waals surface area contributed by atoms with E-state index < -0.39 is 0 Å². The summed E-state index contributed by atoms with van der Waals surface area (Å²) in [7, 11) is 0. The minimum Gasteiger partial charge on any atom is -0.287 e. The number of thiazole rings is 3. The monoisotopic (exact) mass is 317 g/mol. The third-order valence-electron chi connectivity index (χ3n) is 2.68. The normalized spacial score (nSPS) is 11.0. The van der Waals surface area contributed by atoms with Gasteiger partial charge in [-0.2, -0.15) is 0 Å². The van der Waals surface area contributed by atoms with Gasteiger partial charge in [0.2, 0.25) is 0 Å². The predicted molar refractivity (Wildman–Crippen MR) is 81.5 cm³/mol. The van der Waals surface area contributed by atoms with E-state index in [4.69, 9.17) is 0 Å². The minimum atomic E-state index is 0.820. The Hall–Kier alpha value is -1.90. The Bertz CT molecular complexity index is 748.